The Morgan fingerprint density at radius 1 is 0.816 bits per heavy atom. The molecular weight excluding hydrogens is 722 g/mol. The number of phenols is 2. The van der Waals surface area contributed by atoms with Crippen LogP contribution >= 0.6 is 49.6 Å². The van der Waals surface area contributed by atoms with E-state index in [4.69, 9.17) is 22.9 Å². The molecule has 278 valence electrons. The summed E-state index contributed by atoms with van der Waals surface area (Å²) in [6, 6.07) is 6.19. The molecule has 2 aromatic carbocycles. The second-order valence-electron chi connectivity index (χ2n) is 11.3. The summed E-state index contributed by atoms with van der Waals surface area (Å²) < 4.78 is 0. The number of nitrogens with two attached hydrogens (primary N) is 4. The molecule has 2 aromatic rings. The molecule has 4 bridgehead atoms. The number of phenolic OH excluding ortho intramolecular Hbond substituents is 2. The van der Waals surface area contributed by atoms with E-state index in [0.29, 0.717) is 54.6 Å². The van der Waals surface area contributed by atoms with Gasteiger partial charge in [0.15, 0.2) is 0 Å². The van der Waals surface area contributed by atoms with Gasteiger partial charge in [0.05, 0.1) is 6.04 Å². The lowest BCUT2D eigenvalue weighted by Crippen LogP contribution is -2.56. The van der Waals surface area contributed by atoms with Gasteiger partial charge in [0, 0.05) is 44.9 Å². The van der Waals surface area contributed by atoms with Crippen molar-refractivity contribution < 1.29 is 29.4 Å². The first-order valence-corrected chi connectivity index (χ1v) is 15.2. The number of rotatable bonds is 12. The van der Waals surface area contributed by atoms with E-state index in [2.05, 4.69) is 21.3 Å². The van der Waals surface area contributed by atoms with Crippen LogP contribution in [0.4, 0.5) is 0 Å². The summed E-state index contributed by atoms with van der Waals surface area (Å²) in [5, 5.41) is 32.1. The molecular formula is C31H50Cl4N8O6. The van der Waals surface area contributed by atoms with Gasteiger partial charge in [-0.3, -0.25) is 19.2 Å². The smallest absolute Gasteiger partial charge is 0.243 e. The summed E-state index contributed by atoms with van der Waals surface area (Å²) in [6.07, 6.45) is 1.65. The Morgan fingerprint density at radius 2 is 1.41 bits per heavy atom. The molecule has 0 saturated carbocycles. The van der Waals surface area contributed by atoms with Gasteiger partial charge in [-0.25, -0.2) is 0 Å². The molecule has 18 heteroatoms. The molecule has 0 unspecified atom stereocenters. The first-order chi connectivity index (χ1) is 21.5. The van der Waals surface area contributed by atoms with Crippen LogP contribution in [0.1, 0.15) is 43.2 Å². The first-order valence-electron chi connectivity index (χ1n) is 15.2. The summed E-state index contributed by atoms with van der Waals surface area (Å²) >= 11 is 0. The Balaban J connectivity index is 0. The van der Waals surface area contributed by atoms with Crippen LogP contribution in [-0.4, -0.2) is 84.2 Å². The predicted molar refractivity (Wildman–Crippen MR) is 199 cm³/mol. The maximum atomic E-state index is 13.5. The van der Waals surface area contributed by atoms with E-state index in [1.54, 1.807) is 24.3 Å². The van der Waals surface area contributed by atoms with Crippen LogP contribution in [0, 0.1) is 0 Å². The highest BCUT2D eigenvalue weighted by Crippen LogP contribution is 2.31. The molecule has 0 aromatic heterocycles. The zero-order chi connectivity index (χ0) is 32.9. The number of benzene rings is 2. The molecule has 49 heavy (non-hydrogen) atoms. The van der Waals surface area contributed by atoms with Crippen LogP contribution in [0.15, 0.2) is 36.4 Å². The maximum Gasteiger partial charge on any atom is 0.243 e. The third-order valence-electron chi connectivity index (χ3n) is 7.62. The molecule has 1 aliphatic rings. The van der Waals surface area contributed by atoms with Crippen molar-refractivity contribution in [1.29, 1.82) is 0 Å². The molecule has 0 radical (unpaired) electrons. The van der Waals surface area contributed by atoms with Gasteiger partial charge in [-0.1, -0.05) is 12.1 Å². The molecule has 0 fully saturated rings. The third kappa shape index (κ3) is 15.1. The number of halogens is 4. The summed E-state index contributed by atoms with van der Waals surface area (Å²) in [5.41, 5.74) is 25.5. The molecule has 14 nitrogen and oxygen atoms in total. The van der Waals surface area contributed by atoms with Gasteiger partial charge in [0.2, 0.25) is 23.6 Å². The van der Waals surface area contributed by atoms with Crippen molar-refractivity contribution in [2.45, 2.75) is 69.1 Å². The van der Waals surface area contributed by atoms with Crippen molar-refractivity contribution in [3.05, 3.63) is 47.5 Å². The van der Waals surface area contributed by atoms with Gasteiger partial charge < -0.3 is 54.4 Å². The number of fused-ring (bicyclic) bond motifs is 5. The van der Waals surface area contributed by atoms with Crippen molar-refractivity contribution in [3.63, 3.8) is 0 Å². The van der Waals surface area contributed by atoms with Gasteiger partial charge in [0.25, 0.3) is 0 Å². The normalized spacial score (nSPS) is 17.8. The quantitative estimate of drug-likeness (QED) is 0.132. The summed E-state index contributed by atoms with van der Waals surface area (Å²) in [4.78, 5) is 51.8. The molecule has 1 heterocycles. The summed E-state index contributed by atoms with van der Waals surface area (Å²) in [7, 11) is 0. The van der Waals surface area contributed by atoms with Crippen LogP contribution < -0.4 is 44.2 Å². The minimum absolute atomic E-state index is 0. The molecule has 0 aliphatic carbocycles. The van der Waals surface area contributed by atoms with E-state index >= 15 is 0 Å². The van der Waals surface area contributed by atoms with Crippen molar-refractivity contribution in [1.82, 2.24) is 21.3 Å². The van der Waals surface area contributed by atoms with Crippen molar-refractivity contribution in [3.8, 4) is 22.6 Å². The Kier molecular flexibility index (Phi) is 23.7. The number of carbonyl (C=O) groups is 4. The highest BCUT2D eigenvalue weighted by Gasteiger charge is 2.29. The Bertz CT molecular complexity index is 1360. The van der Waals surface area contributed by atoms with Gasteiger partial charge in [-0.15, -0.1) is 49.6 Å². The van der Waals surface area contributed by atoms with Gasteiger partial charge >= 0.3 is 0 Å². The number of amides is 4. The Morgan fingerprint density at radius 3 is 1.98 bits per heavy atom. The molecule has 3 rings (SSSR count). The standard InChI is InChI=1S/C31H46N8O6.4ClH/c32-9-1-4-24-31(45)39-25(30(44)37-11-2-3-22(34)17-28(42)36-12-10-33)16-21-14-19(6-8-27(21)41)18-5-7-26(40)20(13-18)15-23(35)29(43)38-24;;;;/h5-8,13-14,22-25,40-41H,1-4,9-12,15-17,32-35H2,(H,36,42)(H,37,44)(H,38,43)(H,39,45);4*1H/t22-,23-,24-,25-;;;;/m0..../s1. The monoisotopic (exact) mass is 770 g/mol. The number of aromatic hydroxyl groups is 2. The SMILES string of the molecule is Cl.Cl.Cl.Cl.NCCC[C@@H]1NC(=O)[C@@H](N)Cc2cc(ccc2O)-c2ccc(O)c(c2)C[C@@H](C(=O)NCCC[C@H](N)CC(=O)NCCN)NC1=O. The molecule has 4 amide bonds. The fourth-order valence-corrected chi connectivity index (χ4v) is 5.08. The number of hydrogen-bond donors (Lipinski definition) is 10. The highest BCUT2D eigenvalue weighted by atomic mass is 35.5. The van der Waals surface area contributed by atoms with Crippen LogP contribution in [0.25, 0.3) is 11.1 Å². The molecule has 14 N–H and O–H groups in total. The zero-order valence-corrected chi connectivity index (χ0v) is 30.3. The Hall–Kier alpha value is -3.08. The average Bonchev–Trinajstić information content (AvgIpc) is 3.01. The largest absolute Gasteiger partial charge is 0.508 e. The summed E-state index contributed by atoms with van der Waals surface area (Å²) in [6.45, 7) is 1.20. The minimum Gasteiger partial charge on any atom is -0.508 e. The molecule has 4 atom stereocenters. The Labute approximate surface area is 311 Å². The van der Waals surface area contributed by atoms with Crippen molar-refractivity contribution in [2.75, 3.05) is 26.2 Å². The fourth-order valence-electron chi connectivity index (χ4n) is 5.08. The lowest BCUT2D eigenvalue weighted by molar-refractivity contribution is -0.132. The van der Waals surface area contributed by atoms with E-state index in [1.165, 1.54) is 12.1 Å². The predicted octanol–water partition coefficient (Wildman–Crippen LogP) is 0.275. The topological polar surface area (TPSA) is 261 Å². The lowest BCUT2D eigenvalue weighted by atomic mass is 9.95. The van der Waals surface area contributed by atoms with Crippen LogP contribution in [0.2, 0.25) is 0 Å². The number of hydrogen-bond acceptors (Lipinski definition) is 10. The van der Waals surface area contributed by atoms with Crippen molar-refractivity contribution in [2.24, 2.45) is 22.9 Å². The zero-order valence-electron chi connectivity index (χ0n) is 27.0. The van der Waals surface area contributed by atoms with Crippen molar-refractivity contribution >= 4 is 73.3 Å². The van der Waals surface area contributed by atoms with Crippen LogP contribution in [0.5, 0.6) is 11.5 Å². The first kappa shape index (κ1) is 48.0. The fraction of sp³-hybridized carbons (Fsp3) is 0.484. The maximum absolute atomic E-state index is 13.5. The highest BCUT2D eigenvalue weighted by molar-refractivity contribution is 5.93. The van der Waals surface area contributed by atoms with Crippen LogP contribution in [-0.2, 0) is 32.0 Å². The molecule has 0 saturated heterocycles. The number of nitrogens with one attached hydrogen (secondary N) is 4. The second-order valence-corrected chi connectivity index (χ2v) is 11.3. The van der Waals surface area contributed by atoms with Gasteiger partial charge in [-0.2, -0.15) is 0 Å². The molecule has 1 aliphatic heterocycles. The third-order valence-corrected chi connectivity index (χ3v) is 7.62. The molecule has 0 spiro atoms. The van der Waals surface area contributed by atoms with Gasteiger partial charge in [-0.05, 0) is 78.7 Å². The average molecular weight is 773 g/mol. The minimum atomic E-state index is -1.11. The van der Waals surface area contributed by atoms with Gasteiger partial charge in [0.1, 0.15) is 23.6 Å². The number of carbonyl (C=O) groups excluding carboxylic acids is 4. The van der Waals surface area contributed by atoms with E-state index in [1.807, 2.05) is 0 Å². The summed E-state index contributed by atoms with van der Waals surface area (Å²) in [5.74, 6) is -2.00. The van der Waals surface area contributed by atoms with Crippen LogP contribution in [0.3, 0.4) is 0 Å². The van der Waals surface area contributed by atoms with E-state index in [9.17, 15) is 29.4 Å². The van der Waals surface area contributed by atoms with E-state index < -0.39 is 41.9 Å². The lowest BCUT2D eigenvalue weighted by Gasteiger charge is -2.24. The van der Waals surface area contributed by atoms with E-state index in [0.717, 1.165) is 0 Å². The van der Waals surface area contributed by atoms with E-state index in [-0.39, 0.29) is 106 Å². The second kappa shape index (κ2) is 24.1.